The summed E-state index contributed by atoms with van der Waals surface area (Å²) in [5.74, 6) is -0.838. The van der Waals surface area contributed by atoms with Gasteiger partial charge in [-0.2, -0.15) is 0 Å². The van der Waals surface area contributed by atoms with Crippen LogP contribution in [0.2, 0.25) is 5.02 Å². The van der Waals surface area contributed by atoms with Crippen molar-refractivity contribution < 1.29 is 14.3 Å². The number of ketones is 1. The number of ether oxygens (including phenoxy) is 1. The highest BCUT2D eigenvalue weighted by Gasteiger charge is 2.18. The molecule has 0 saturated heterocycles. The van der Waals surface area contributed by atoms with E-state index in [9.17, 15) is 9.59 Å². The predicted molar refractivity (Wildman–Crippen MR) is 118 cm³/mol. The second-order valence-electron chi connectivity index (χ2n) is 6.85. The van der Waals surface area contributed by atoms with Gasteiger partial charge in [-0.05, 0) is 24.6 Å². The average Bonchev–Trinajstić information content (AvgIpc) is 2.80. The van der Waals surface area contributed by atoms with E-state index in [4.69, 9.17) is 21.3 Å². The first-order valence-electron chi connectivity index (χ1n) is 9.45. The topological polar surface area (TPSA) is 56.3 Å². The maximum absolute atomic E-state index is 12.9. The van der Waals surface area contributed by atoms with E-state index < -0.39 is 5.97 Å². The van der Waals surface area contributed by atoms with Gasteiger partial charge in [0.1, 0.15) is 0 Å². The van der Waals surface area contributed by atoms with E-state index in [-0.39, 0.29) is 12.4 Å². The zero-order chi connectivity index (χ0) is 21.1. The number of aryl methyl sites for hydroxylation is 1. The van der Waals surface area contributed by atoms with E-state index in [0.717, 1.165) is 11.1 Å². The number of carbonyl (C=O) groups excluding carboxylic acids is 2. The molecule has 0 unspecified atom stereocenters. The molecule has 4 aromatic rings. The molecule has 0 aliphatic rings. The van der Waals surface area contributed by atoms with Crippen LogP contribution in [-0.4, -0.2) is 23.3 Å². The lowest BCUT2D eigenvalue weighted by Crippen LogP contribution is -2.15. The molecule has 0 aliphatic heterocycles. The molecule has 4 nitrogen and oxygen atoms in total. The maximum Gasteiger partial charge on any atom is 0.339 e. The van der Waals surface area contributed by atoms with Gasteiger partial charge in [-0.25, -0.2) is 9.78 Å². The molecule has 0 radical (unpaired) electrons. The van der Waals surface area contributed by atoms with Crippen molar-refractivity contribution >= 4 is 34.3 Å². The fraction of sp³-hybridized carbons (Fsp3) is 0.0800. The lowest BCUT2D eigenvalue weighted by atomic mass is 10.0. The van der Waals surface area contributed by atoms with Crippen molar-refractivity contribution in [2.75, 3.05) is 6.61 Å². The first-order chi connectivity index (χ1) is 14.5. The first-order valence-corrected chi connectivity index (χ1v) is 9.83. The number of hydrogen-bond acceptors (Lipinski definition) is 4. The van der Waals surface area contributed by atoms with E-state index in [1.807, 2.05) is 43.3 Å². The molecule has 148 valence electrons. The van der Waals surface area contributed by atoms with Crippen LogP contribution in [0.15, 0.2) is 78.9 Å². The molecular weight excluding hydrogens is 398 g/mol. The molecule has 30 heavy (non-hydrogen) atoms. The molecule has 0 aliphatic carbocycles. The Morgan fingerprint density at radius 1 is 0.933 bits per heavy atom. The Morgan fingerprint density at radius 2 is 1.60 bits per heavy atom. The lowest BCUT2D eigenvalue weighted by molar-refractivity contribution is 0.0476. The monoisotopic (exact) mass is 415 g/mol. The number of nitrogens with zero attached hydrogens (tertiary/aromatic N) is 1. The van der Waals surface area contributed by atoms with Gasteiger partial charge in [0, 0.05) is 21.5 Å². The number of hydrogen-bond donors (Lipinski definition) is 0. The Morgan fingerprint density at radius 3 is 2.30 bits per heavy atom. The lowest BCUT2D eigenvalue weighted by Gasteiger charge is -2.12. The van der Waals surface area contributed by atoms with Gasteiger partial charge in [0.05, 0.1) is 16.8 Å². The highest BCUT2D eigenvalue weighted by atomic mass is 35.5. The van der Waals surface area contributed by atoms with Crippen LogP contribution in [-0.2, 0) is 4.74 Å². The summed E-state index contributed by atoms with van der Waals surface area (Å²) in [6, 6.07) is 23.5. The fourth-order valence-electron chi connectivity index (χ4n) is 3.25. The van der Waals surface area contributed by atoms with Gasteiger partial charge in [-0.1, -0.05) is 78.3 Å². The Labute approximate surface area is 179 Å². The van der Waals surface area contributed by atoms with E-state index in [1.165, 1.54) is 0 Å². The maximum atomic E-state index is 12.9. The molecule has 0 saturated carbocycles. The Bertz CT molecular complexity index is 1240. The molecule has 5 heteroatoms. The summed E-state index contributed by atoms with van der Waals surface area (Å²) in [4.78, 5) is 30.0. The minimum atomic E-state index is -0.578. The average molecular weight is 416 g/mol. The normalized spacial score (nSPS) is 10.7. The second-order valence-corrected chi connectivity index (χ2v) is 7.26. The number of aromatic nitrogens is 1. The highest BCUT2D eigenvalue weighted by molar-refractivity contribution is 6.32. The van der Waals surface area contributed by atoms with Crippen LogP contribution in [0.3, 0.4) is 0 Å². The molecule has 4 rings (SSSR count). The second kappa shape index (κ2) is 8.47. The minimum absolute atomic E-state index is 0.259. The van der Waals surface area contributed by atoms with Crippen LogP contribution >= 0.6 is 11.6 Å². The number of fused-ring (bicyclic) bond motifs is 1. The molecule has 1 aromatic heterocycles. The van der Waals surface area contributed by atoms with Crippen molar-refractivity contribution in [1.82, 2.24) is 4.98 Å². The zero-order valence-electron chi connectivity index (χ0n) is 16.3. The van der Waals surface area contributed by atoms with Crippen molar-refractivity contribution in [3.63, 3.8) is 0 Å². The van der Waals surface area contributed by atoms with Gasteiger partial charge < -0.3 is 4.74 Å². The van der Waals surface area contributed by atoms with E-state index in [1.54, 1.807) is 42.5 Å². The zero-order valence-corrected chi connectivity index (χ0v) is 17.0. The van der Waals surface area contributed by atoms with Crippen LogP contribution < -0.4 is 0 Å². The summed E-state index contributed by atoms with van der Waals surface area (Å²) in [6.45, 7) is 1.53. The van der Waals surface area contributed by atoms with Gasteiger partial charge in [-0.15, -0.1) is 0 Å². The SMILES string of the molecule is Cc1c(Cl)ccc2c(C(=O)OCC(=O)c3ccccc3)cc(-c3ccccc3)nc12. The van der Waals surface area contributed by atoms with Crippen molar-refractivity contribution in [2.45, 2.75) is 6.92 Å². The number of benzene rings is 3. The van der Waals surface area contributed by atoms with Gasteiger partial charge in [-0.3, -0.25) is 4.79 Å². The van der Waals surface area contributed by atoms with Crippen LogP contribution in [0.25, 0.3) is 22.2 Å². The van der Waals surface area contributed by atoms with Crippen molar-refractivity contribution in [3.8, 4) is 11.3 Å². The molecule has 0 N–H and O–H groups in total. The van der Waals surface area contributed by atoms with Gasteiger partial charge in [0.2, 0.25) is 0 Å². The first kappa shape index (κ1) is 19.8. The summed E-state index contributed by atoms with van der Waals surface area (Å²) in [7, 11) is 0. The molecule has 0 spiro atoms. The van der Waals surface area contributed by atoms with Gasteiger partial charge in [0.25, 0.3) is 0 Å². The number of Topliss-reactive ketones (excluding diaryl/α,β-unsaturated/α-hetero) is 1. The van der Waals surface area contributed by atoms with E-state index in [0.29, 0.717) is 32.7 Å². The Balaban J connectivity index is 1.72. The van der Waals surface area contributed by atoms with Gasteiger partial charge >= 0.3 is 5.97 Å². The molecule has 3 aromatic carbocycles. The van der Waals surface area contributed by atoms with Crippen molar-refractivity contribution in [3.05, 3.63) is 101 Å². The number of carbonyl (C=O) groups is 2. The predicted octanol–water partition coefficient (Wildman–Crippen LogP) is 5.90. The third-order valence-electron chi connectivity index (χ3n) is 4.89. The molecule has 0 bridgehead atoms. The third kappa shape index (κ3) is 3.95. The summed E-state index contributed by atoms with van der Waals surface area (Å²) in [5.41, 5.74) is 3.76. The van der Waals surface area contributed by atoms with Crippen LogP contribution in [0.4, 0.5) is 0 Å². The number of halogens is 1. The van der Waals surface area contributed by atoms with E-state index >= 15 is 0 Å². The highest BCUT2D eigenvalue weighted by Crippen LogP contribution is 2.30. The van der Waals surface area contributed by atoms with Crippen LogP contribution in [0.1, 0.15) is 26.3 Å². The largest absolute Gasteiger partial charge is 0.454 e. The molecule has 0 fully saturated rings. The number of rotatable bonds is 5. The molecular formula is C25H18ClNO3. The summed E-state index contributed by atoms with van der Waals surface area (Å²) >= 11 is 6.29. The minimum Gasteiger partial charge on any atom is -0.454 e. The Kier molecular flexibility index (Phi) is 5.59. The fourth-order valence-corrected chi connectivity index (χ4v) is 3.40. The quantitative estimate of drug-likeness (QED) is 0.300. The van der Waals surface area contributed by atoms with Crippen molar-refractivity contribution in [2.24, 2.45) is 0 Å². The van der Waals surface area contributed by atoms with Crippen LogP contribution in [0, 0.1) is 6.92 Å². The number of pyridine rings is 1. The molecule has 1 heterocycles. The van der Waals surface area contributed by atoms with Crippen LogP contribution in [0.5, 0.6) is 0 Å². The van der Waals surface area contributed by atoms with E-state index in [2.05, 4.69) is 0 Å². The Hall–Kier alpha value is -3.50. The summed E-state index contributed by atoms with van der Waals surface area (Å²) < 4.78 is 5.36. The standard InChI is InChI=1S/C25H18ClNO3/c1-16-21(26)13-12-19-20(14-22(27-24(16)19)17-8-4-2-5-9-17)25(29)30-15-23(28)18-10-6-3-7-11-18/h2-14H,15H2,1H3. The summed E-state index contributed by atoms with van der Waals surface area (Å²) in [5, 5.41) is 1.20. The smallest absolute Gasteiger partial charge is 0.339 e. The molecule has 0 atom stereocenters. The van der Waals surface area contributed by atoms with Crippen molar-refractivity contribution in [1.29, 1.82) is 0 Å². The van der Waals surface area contributed by atoms with Gasteiger partial charge in [0.15, 0.2) is 12.4 Å². The number of esters is 1. The molecule has 0 amide bonds. The third-order valence-corrected chi connectivity index (χ3v) is 5.30. The summed E-state index contributed by atoms with van der Waals surface area (Å²) in [6.07, 6.45) is 0.